The maximum Gasteiger partial charge on any atom is 0.0650 e. The highest BCUT2D eigenvalue weighted by Crippen LogP contribution is 2.26. The molecule has 2 nitrogen and oxygen atoms in total. The lowest BCUT2D eigenvalue weighted by Gasteiger charge is -2.30. The van der Waals surface area contributed by atoms with Crippen LogP contribution in [0, 0.1) is 13.8 Å². The van der Waals surface area contributed by atoms with Crippen molar-refractivity contribution >= 4 is 28.6 Å². The van der Waals surface area contributed by atoms with Crippen LogP contribution in [0.4, 0.5) is 5.69 Å². The molecular weight excluding hydrogens is 316 g/mol. The van der Waals surface area contributed by atoms with Crippen molar-refractivity contribution in [3.63, 3.8) is 0 Å². The minimum absolute atomic E-state index is 1.03. The number of rotatable bonds is 3. The van der Waals surface area contributed by atoms with Gasteiger partial charge in [0.2, 0.25) is 0 Å². The van der Waals surface area contributed by atoms with Crippen LogP contribution in [-0.2, 0) is 0 Å². The molecule has 2 heterocycles. The van der Waals surface area contributed by atoms with E-state index in [2.05, 4.69) is 78.3 Å². The number of aromatic nitrogens is 1. The summed E-state index contributed by atoms with van der Waals surface area (Å²) in [5.74, 6) is 0. The maximum atomic E-state index is 4.64. The summed E-state index contributed by atoms with van der Waals surface area (Å²) in [6.07, 6.45) is 10.3. The molecular formula is C24H26N2. The van der Waals surface area contributed by atoms with E-state index in [4.69, 9.17) is 0 Å². The van der Waals surface area contributed by atoms with Gasteiger partial charge in [-0.25, -0.2) is 0 Å². The van der Waals surface area contributed by atoms with Gasteiger partial charge in [0.15, 0.2) is 0 Å². The molecule has 2 heteroatoms. The molecule has 0 aliphatic carbocycles. The van der Waals surface area contributed by atoms with Crippen molar-refractivity contribution in [3.8, 4) is 0 Å². The van der Waals surface area contributed by atoms with Gasteiger partial charge in [-0.3, -0.25) is 4.98 Å². The van der Waals surface area contributed by atoms with Gasteiger partial charge in [0.25, 0.3) is 0 Å². The quantitative estimate of drug-likeness (QED) is 0.579. The van der Waals surface area contributed by atoms with Crippen LogP contribution in [0.5, 0.6) is 0 Å². The van der Waals surface area contributed by atoms with Gasteiger partial charge in [0.1, 0.15) is 0 Å². The second kappa shape index (κ2) is 7.33. The molecule has 26 heavy (non-hydrogen) atoms. The molecule has 3 aromatic rings. The lowest BCUT2D eigenvalue weighted by atomic mass is 9.99. The Labute approximate surface area is 156 Å². The van der Waals surface area contributed by atoms with Gasteiger partial charge in [-0.1, -0.05) is 42.5 Å². The minimum Gasteiger partial charge on any atom is -0.371 e. The first kappa shape index (κ1) is 16.8. The smallest absolute Gasteiger partial charge is 0.0650 e. The molecule has 0 bridgehead atoms. The monoisotopic (exact) mass is 342 g/mol. The van der Waals surface area contributed by atoms with Crippen LogP contribution in [0.25, 0.3) is 22.9 Å². The number of benzene rings is 2. The van der Waals surface area contributed by atoms with Gasteiger partial charge in [-0.15, -0.1) is 0 Å². The topological polar surface area (TPSA) is 16.1 Å². The second-order valence-electron chi connectivity index (χ2n) is 7.30. The molecule has 1 fully saturated rings. The largest absolute Gasteiger partial charge is 0.371 e. The van der Waals surface area contributed by atoms with Gasteiger partial charge in [-0.2, -0.15) is 0 Å². The van der Waals surface area contributed by atoms with Crippen LogP contribution < -0.4 is 4.90 Å². The standard InChI is InChI=1S/C24H26N2/c1-18-8-6-9-20-10-7-11-21(24(18)20)12-13-22-16-23(19(2)17-25-22)26-14-4-3-5-15-26/h6-13,16-17H,3-5,14-15H2,1-2H3. The number of nitrogens with zero attached hydrogens (tertiary/aromatic N) is 2. The normalized spacial score (nSPS) is 15.1. The predicted molar refractivity (Wildman–Crippen MR) is 113 cm³/mol. The van der Waals surface area contributed by atoms with E-state index >= 15 is 0 Å². The molecule has 0 saturated carbocycles. The number of hydrogen-bond acceptors (Lipinski definition) is 2. The van der Waals surface area contributed by atoms with E-state index < -0.39 is 0 Å². The van der Waals surface area contributed by atoms with Crippen molar-refractivity contribution in [1.82, 2.24) is 4.98 Å². The Balaban J connectivity index is 1.67. The summed E-state index contributed by atoms with van der Waals surface area (Å²) in [7, 11) is 0. The lowest BCUT2D eigenvalue weighted by Crippen LogP contribution is -2.30. The van der Waals surface area contributed by atoms with Gasteiger partial charge >= 0.3 is 0 Å². The third-order valence-corrected chi connectivity index (χ3v) is 5.37. The fourth-order valence-electron chi connectivity index (χ4n) is 3.97. The Kier molecular flexibility index (Phi) is 4.75. The lowest BCUT2D eigenvalue weighted by molar-refractivity contribution is 0.577. The molecule has 132 valence electrons. The van der Waals surface area contributed by atoms with Crippen molar-refractivity contribution in [2.24, 2.45) is 0 Å². The Morgan fingerprint density at radius 1 is 0.885 bits per heavy atom. The van der Waals surface area contributed by atoms with Gasteiger partial charge in [0.05, 0.1) is 5.69 Å². The van der Waals surface area contributed by atoms with Crippen LogP contribution in [0.2, 0.25) is 0 Å². The van der Waals surface area contributed by atoms with Crippen LogP contribution in [0.15, 0.2) is 48.7 Å². The van der Waals surface area contributed by atoms with E-state index in [1.807, 2.05) is 6.20 Å². The van der Waals surface area contributed by atoms with Crippen LogP contribution >= 0.6 is 0 Å². The van der Waals surface area contributed by atoms with Gasteiger partial charge in [0, 0.05) is 25.0 Å². The molecule has 0 N–H and O–H groups in total. The zero-order chi connectivity index (χ0) is 17.9. The van der Waals surface area contributed by atoms with Crippen molar-refractivity contribution in [3.05, 3.63) is 71.0 Å². The van der Waals surface area contributed by atoms with Gasteiger partial charge in [-0.05, 0) is 72.7 Å². The molecule has 1 aromatic heterocycles. The number of piperidine rings is 1. The first-order valence-electron chi connectivity index (χ1n) is 9.60. The second-order valence-corrected chi connectivity index (χ2v) is 7.30. The summed E-state index contributed by atoms with van der Waals surface area (Å²) >= 11 is 0. The summed E-state index contributed by atoms with van der Waals surface area (Å²) in [5.41, 5.74) is 6.20. The van der Waals surface area contributed by atoms with E-state index in [-0.39, 0.29) is 0 Å². The Morgan fingerprint density at radius 3 is 2.46 bits per heavy atom. The summed E-state index contributed by atoms with van der Waals surface area (Å²) in [6, 6.07) is 15.2. The summed E-state index contributed by atoms with van der Waals surface area (Å²) < 4.78 is 0. The highest BCUT2D eigenvalue weighted by molar-refractivity contribution is 5.95. The molecule has 0 amide bonds. The van der Waals surface area contributed by atoms with E-state index in [1.54, 1.807) is 0 Å². The minimum atomic E-state index is 1.03. The molecule has 0 spiro atoms. The molecule has 1 aliphatic rings. The highest BCUT2D eigenvalue weighted by atomic mass is 15.1. The van der Waals surface area contributed by atoms with Crippen LogP contribution in [0.1, 0.15) is 41.6 Å². The fraction of sp³-hybridized carbons (Fsp3) is 0.292. The van der Waals surface area contributed by atoms with Gasteiger partial charge < -0.3 is 4.90 Å². The fourth-order valence-corrected chi connectivity index (χ4v) is 3.97. The Morgan fingerprint density at radius 2 is 1.65 bits per heavy atom. The van der Waals surface area contributed by atoms with Crippen molar-refractivity contribution in [1.29, 1.82) is 0 Å². The molecule has 0 unspecified atom stereocenters. The summed E-state index contributed by atoms with van der Waals surface area (Å²) in [5, 5.41) is 2.62. The zero-order valence-corrected chi connectivity index (χ0v) is 15.7. The van der Waals surface area contributed by atoms with E-state index in [9.17, 15) is 0 Å². The highest BCUT2D eigenvalue weighted by Gasteiger charge is 2.13. The van der Waals surface area contributed by atoms with Crippen LogP contribution in [0.3, 0.4) is 0 Å². The van der Waals surface area contributed by atoms with Crippen molar-refractivity contribution < 1.29 is 0 Å². The number of fused-ring (bicyclic) bond motifs is 1. The molecule has 4 rings (SSSR count). The SMILES string of the molecule is Cc1cnc(C=Cc2cccc3cccc(C)c23)cc1N1CCCCC1. The Bertz CT molecular complexity index is 944. The molecule has 0 radical (unpaired) electrons. The first-order chi connectivity index (χ1) is 12.7. The molecule has 1 saturated heterocycles. The van der Waals surface area contributed by atoms with Crippen molar-refractivity contribution in [2.75, 3.05) is 18.0 Å². The average molecular weight is 342 g/mol. The Hall–Kier alpha value is -2.61. The maximum absolute atomic E-state index is 4.64. The number of aryl methyl sites for hydroxylation is 2. The predicted octanol–water partition coefficient (Wildman–Crippen LogP) is 6.01. The third kappa shape index (κ3) is 3.37. The number of anilines is 1. The first-order valence-corrected chi connectivity index (χ1v) is 9.60. The average Bonchev–Trinajstić information content (AvgIpc) is 2.68. The third-order valence-electron chi connectivity index (χ3n) is 5.37. The summed E-state index contributed by atoms with van der Waals surface area (Å²) in [4.78, 5) is 7.15. The number of hydrogen-bond donors (Lipinski definition) is 0. The molecule has 0 atom stereocenters. The van der Waals surface area contributed by atoms with E-state index in [1.165, 1.54) is 52.4 Å². The van der Waals surface area contributed by atoms with E-state index in [0.29, 0.717) is 0 Å². The van der Waals surface area contributed by atoms with Crippen molar-refractivity contribution in [2.45, 2.75) is 33.1 Å². The number of pyridine rings is 1. The molecule has 2 aromatic carbocycles. The molecule has 1 aliphatic heterocycles. The van der Waals surface area contributed by atoms with E-state index in [0.717, 1.165) is 18.8 Å². The zero-order valence-electron chi connectivity index (χ0n) is 15.7. The van der Waals surface area contributed by atoms with Crippen LogP contribution in [-0.4, -0.2) is 18.1 Å². The summed E-state index contributed by atoms with van der Waals surface area (Å²) in [6.45, 7) is 6.67.